The van der Waals surface area contributed by atoms with Gasteiger partial charge in [-0.2, -0.15) is 0 Å². The zero-order chi connectivity index (χ0) is 25.1. The second-order valence-electron chi connectivity index (χ2n) is 8.80. The van der Waals surface area contributed by atoms with Gasteiger partial charge < -0.3 is 24.4 Å². The molecule has 2 aliphatic rings. The van der Waals surface area contributed by atoms with E-state index in [1.54, 1.807) is 23.0 Å². The molecule has 2 aliphatic heterocycles. The van der Waals surface area contributed by atoms with Crippen molar-refractivity contribution in [2.45, 2.75) is 13.1 Å². The number of amides is 2. The molecule has 1 N–H and O–H groups in total. The van der Waals surface area contributed by atoms with Crippen molar-refractivity contribution >= 4 is 23.2 Å². The Morgan fingerprint density at radius 3 is 2.53 bits per heavy atom. The highest BCUT2D eigenvalue weighted by Gasteiger charge is 2.34. The number of methoxy groups -OCH3 is 1. The normalized spacial score (nSPS) is 17.3. The summed E-state index contributed by atoms with van der Waals surface area (Å²) in [4.78, 5) is 29.6. The Bertz CT molecular complexity index is 1250. The number of nitrogens with one attached hydrogen (secondary N) is 1. The Morgan fingerprint density at radius 2 is 1.78 bits per heavy atom. The summed E-state index contributed by atoms with van der Waals surface area (Å²) in [6.45, 7) is 4.14. The van der Waals surface area contributed by atoms with Crippen molar-refractivity contribution in [3.05, 3.63) is 83.4 Å². The van der Waals surface area contributed by atoms with E-state index >= 15 is 0 Å². The number of carbonyl (C=O) groups is 2. The highest BCUT2D eigenvalue weighted by atomic mass is 16.5. The molecule has 0 spiro atoms. The fourth-order valence-electron chi connectivity index (χ4n) is 4.48. The van der Waals surface area contributed by atoms with Gasteiger partial charge in [0.15, 0.2) is 18.1 Å². The highest BCUT2D eigenvalue weighted by molar-refractivity contribution is 6.12. The van der Waals surface area contributed by atoms with Gasteiger partial charge in [-0.05, 0) is 48.9 Å². The largest absolute Gasteiger partial charge is 0.493 e. The fourth-order valence-corrected chi connectivity index (χ4v) is 4.48. The number of benzene rings is 3. The van der Waals surface area contributed by atoms with Gasteiger partial charge in [0, 0.05) is 24.5 Å². The Kier molecular flexibility index (Phi) is 6.77. The molecule has 3 aromatic rings. The number of nitrogens with zero attached hydrogens (tertiary/aromatic N) is 2. The van der Waals surface area contributed by atoms with Gasteiger partial charge in [0.05, 0.1) is 25.9 Å². The monoisotopic (exact) mass is 487 g/mol. The number of hydrogen-bond acceptors (Lipinski definition) is 6. The van der Waals surface area contributed by atoms with Crippen molar-refractivity contribution in [2.24, 2.45) is 0 Å². The van der Waals surface area contributed by atoms with Gasteiger partial charge in [0.1, 0.15) is 6.17 Å². The van der Waals surface area contributed by atoms with Crippen LogP contribution in [0.4, 0.5) is 11.4 Å². The molecular weight excluding hydrogens is 458 g/mol. The third kappa shape index (κ3) is 4.72. The molecule has 0 aromatic heterocycles. The minimum atomic E-state index is -0.465. The zero-order valence-electron chi connectivity index (χ0n) is 20.4. The maximum Gasteiger partial charge on any atom is 0.262 e. The lowest BCUT2D eigenvalue weighted by Crippen LogP contribution is -2.43. The summed E-state index contributed by atoms with van der Waals surface area (Å²) in [5.41, 5.74) is 4.10. The van der Waals surface area contributed by atoms with Crippen LogP contribution in [0.3, 0.4) is 0 Å². The minimum absolute atomic E-state index is 0.0846. The first-order chi connectivity index (χ1) is 17.5. The minimum Gasteiger partial charge on any atom is -0.493 e. The second kappa shape index (κ2) is 10.3. The summed E-state index contributed by atoms with van der Waals surface area (Å²) < 4.78 is 16.7. The van der Waals surface area contributed by atoms with Crippen molar-refractivity contribution in [3.63, 3.8) is 0 Å². The molecule has 0 aliphatic carbocycles. The Hall–Kier alpha value is -4.04. The van der Waals surface area contributed by atoms with Gasteiger partial charge in [-0.1, -0.05) is 35.9 Å². The number of fused-ring (bicyclic) bond motifs is 1. The molecule has 0 radical (unpaired) electrons. The van der Waals surface area contributed by atoms with Crippen molar-refractivity contribution in [3.8, 4) is 11.5 Å². The van der Waals surface area contributed by atoms with Crippen LogP contribution in [0.1, 0.15) is 27.7 Å². The molecule has 2 heterocycles. The molecule has 5 rings (SSSR count). The first kappa shape index (κ1) is 23.7. The Labute approximate surface area is 210 Å². The molecule has 1 atom stereocenters. The molecular formula is C28H29N3O5. The third-order valence-corrected chi connectivity index (χ3v) is 6.46. The van der Waals surface area contributed by atoms with Gasteiger partial charge in [0.25, 0.3) is 11.8 Å². The van der Waals surface area contributed by atoms with Crippen LogP contribution < -0.4 is 19.7 Å². The van der Waals surface area contributed by atoms with E-state index < -0.39 is 6.17 Å². The van der Waals surface area contributed by atoms with E-state index in [9.17, 15) is 9.59 Å². The van der Waals surface area contributed by atoms with E-state index in [-0.39, 0.29) is 18.4 Å². The van der Waals surface area contributed by atoms with Crippen LogP contribution in [0.15, 0.2) is 66.7 Å². The predicted molar refractivity (Wildman–Crippen MR) is 137 cm³/mol. The maximum absolute atomic E-state index is 13.6. The lowest BCUT2D eigenvalue weighted by Gasteiger charge is -2.38. The van der Waals surface area contributed by atoms with E-state index in [1.165, 1.54) is 0 Å². The summed E-state index contributed by atoms with van der Waals surface area (Å²) in [6, 6.07) is 20.9. The van der Waals surface area contributed by atoms with Gasteiger partial charge in [0.2, 0.25) is 0 Å². The molecule has 8 heteroatoms. The first-order valence-corrected chi connectivity index (χ1v) is 12.0. The number of aryl methyl sites for hydroxylation is 1. The van der Waals surface area contributed by atoms with Gasteiger partial charge in [-0.25, -0.2) is 0 Å². The van der Waals surface area contributed by atoms with Crippen LogP contribution in [-0.4, -0.2) is 56.7 Å². The lowest BCUT2D eigenvalue weighted by molar-refractivity contribution is -0.137. The Balaban J connectivity index is 1.43. The topological polar surface area (TPSA) is 80.3 Å². The summed E-state index contributed by atoms with van der Waals surface area (Å²) in [5.74, 6) is 0.770. The van der Waals surface area contributed by atoms with E-state index in [2.05, 4.69) is 5.32 Å². The third-order valence-electron chi connectivity index (χ3n) is 6.46. The van der Waals surface area contributed by atoms with Crippen LogP contribution >= 0.6 is 0 Å². The molecule has 36 heavy (non-hydrogen) atoms. The zero-order valence-corrected chi connectivity index (χ0v) is 20.4. The molecule has 0 bridgehead atoms. The van der Waals surface area contributed by atoms with Crippen LogP contribution in [0.5, 0.6) is 11.5 Å². The maximum atomic E-state index is 13.6. The lowest BCUT2D eigenvalue weighted by atomic mass is 10.0. The molecule has 0 saturated carbocycles. The van der Waals surface area contributed by atoms with Gasteiger partial charge in [-0.15, -0.1) is 0 Å². The summed E-state index contributed by atoms with van der Waals surface area (Å²) >= 11 is 0. The van der Waals surface area contributed by atoms with Gasteiger partial charge in [-0.3, -0.25) is 14.5 Å². The molecule has 186 valence electrons. The second-order valence-corrected chi connectivity index (χ2v) is 8.80. The quantitative estimate of drug-likeness (QED) is 0.566. The molecule has 1 fully saturated rings. The number of morpholine rings is 1. The summed E-state index contributed by atoms with van der Waals surface area (Å²) in [7, 11) is 1.56. The van der Waals surface area contributed by atoms with E-state index in [1.807, 2.05) is 67.6 Å². The smallest absolute Gasteiger partial charge is 0.262 e. The molecule has 3 aromatic carbocycles. The average molecular weight is 488 g/mol. The first-order valence-electron chi connectivity index (χ1n) is 12.0. The molecule has 1 unspecified atom stereocenters. The van der Waals surface area contributed by atoms with Crippen molar-refractivity contribution in [2.75, 3.05) is 50.2 Å². The van der Waals surface area contributed by atoms with Crippen molar-refractivity contribution in [1.82, 2.24) is 4.90 Å². The van der Waals surface area contributed by atoms with Crippen LogP contribution in [-0.2, 0) is 9.53 Å². The van der Waals surface area contributed by atoms with Crippen LogP contribution in [0.25, 0.3) is 0 Å². The van der Waals surface area contributed by atoms with Gasteiger partial charge >= 0.3 is 0 Å². The molecule has 2 amide bonds. The SMILES string of the molecule is COc1cc(C2Nc3ccccc3C(=O)N2c2ccc(C)cc2)ccc1OCC(=O)N1CCOCC1. The summed E-state index contributed by atoms with van der Waals surface area (Å²) in [6.07, 6.45) is -0.465. The predicted octanol–water partition coefficient (Wildman–Crippen LogP) is 4.01. The van der Waals surface area contributed by atoms with Crippen LogP contribution in [0.2, 0.25) is 0 Å². The van der Waals surface area contributed by atoms with E-state index in [4.69, 9.17) is 14.2 Å². The Morgan fingerprint density at radius 1 is 1.03 bits per heavy atom. The number of para-hydroxylation sites is 1. The number of ether oxygens (including phenoxy) is 3. The highest BCUT2D eigenvalue weighted by Crippen LogP contribution is 2.39. The summed E-state index contributed by atoms with van der Waals surface area (Å²) in [5, 5.41) is 3.51. The van der Waals surface area contributed by atoms with Crippen molar-refractivity contribution < 1.29 is 23.8 Å². The standard InChI is InChI=1S/C28H29N3O5/c1-19-7-10-21(11-8-19)31-27(29-23-6-4-3-5-22(23)28(31)33)20-9-12-24(25(17-20)34-2)36-18-26(32)30-13-15-35-16-14-30/h3-12,17,27,29H,13-16,18H2,1-2H3. The van der Waals surface area contributed by atoms with Crippen molar-refractivity contribution in [1.29, 1.82) is 0 Å². The average Bonchev–Trinajstić information content (AvgIpc) is 2.92. The van der Waals surface area contributed by atoms with E-state index in [0.29, 0.717) is 43.4 Å². The fraction of sp³-hybridized carbons (Fsp3) is 0.286. The van der Waals surface area contributed by atoms with Crippen LogP contribution in [0, 0.1) is 6.92 Å². The number of rotatable bonds is 6. The van der Waals surface area contributed by atoms with E-state index in [0.717, 1.165) is 22.5 Å². The molecule has 8 nitrogen and oxygen atoms in total. The number of anilines is 2. The number of hydrogen-bond donors (Lipinski definition) is 1. The molecule has 1 saturated heterocycles. The number of carbonyl (C=O) groups excluding carboxylic acids is 2.